The van der Waals surface area contributed by atoms with Crippen molar-refractivity contribution < 1.29 is 9.68 Å². The van der Waals surface area contributed by atoms with Crippen LogP contribution in [0.4, 0.5) is 0 Å². The fraction of sp³-hybridized carbons (Fsp3) is 0.0870. The van der Waals surface area contributed by atoms with Gasteiger partial charge in [0.2, 0.25) is 0 Å². The molecule has 31 heavy (non-hydrogen) atoms. The minimum atomic E-state index is 0.329. The monoisotopic (exact) mass is 414 g/mol. The first-order valence-electron chi connectivity index (χ1n) is 9.52. The summed E-state index contributed by atoms with van der Waals surface area (Å²) in [7, 11) is 2.93. The van der Waals surface area contributed by atoms with Gasteiger partial charge in [0, 0.05) is 29.1 Å². The van der Waals surface area contributed by atoms with Crippen molar-refractivity contribution in [3.8, 4) is 22.4 Å². The number of imidazole rings is 1. The molecule has 8 heteroatoms. The van der Waals surface area contributed by atoms with Crippen molar-refractivity contribution in [2.75, 3.05) is 14.2 Å². The predicted octanol–water partition coefficient (Wildman–Crippen LogP) is 3.20. The normalized spacial score (nSPS) is 12.2. The molecule has 0 saturated carbocycles. The van der Waals surface area contributed by atoms with Crippen molar-refractivity contribution in [3.05, 3.63) is 84.2 Å². The molecule has 2 aromatic carbocycles. The molecule has 4 N–H and O–H groups in total. The Hall–Kier alpha value is -4.33. The average Bonchev–Trinajstić information content (AvgIpc) is 3.23. The predicted molar refractivity (Wildman–Crippen MR) is 122 cm³/mol. The van der Waals surface area contributed by atoms with E-state index >= 15 is 0 Å². The highest BCUT2D eigenvalue weighted by Crippen LogP contribution is 2.24. The number of rotatable bonds is 6. The second kappa shape index (κ2) is 8.58. The molecule has 4 aromatic rings. The van der Waals surface area contributed by atoms with Crippen LogP contribution < -0.4 is 11.5 Å². The summed E-state index contributed by atoms with van der Waals surface area (Å²) in [5.41, 5.74) is 18.1. The van der Waals surface area contributed by atoms with E-state index in [-0.39, 0.29) is 0 Å². The number of aromatic nitrogens is 2. The number of hydrogen-bond acceptors (Lipinski definition) is 5. The highest BCUT2D eigenvalue weighted by Gasteiger charge is 2.08. The molecule has 0 amide bonds. The van der Waals surface area contributed by atoms with Crippen LogP contribution in [0.25, 0.3) is 28.0 Å². The van der Waals surface area contributed by atoms with Crippen LogP contribution in [0.5, 0.6) is 0 Å². The Morgan fingerprint density at radius 2 is 1.23 bits per heavy atom. The summed E-state index contributed by atoms with van der Waals surface area (Å²) in [4.78, 5) is 14.2. The molecule has 156 valence electrons. The molecule has 0 aliphatic carbocycles. The number of amidine groups is 2. The van der Waals surface area contributed by atoms with Gasteiger partial charge in [-0.15, -0.1) is 0 Å². The quantitative estimate of drug-likeness (QED) is 0.286. The van der Waals surface area contributed by atoms with Crippen LogP contribution >= 0.6 is 0 Å². The molecule has 0 saturated heterocycles. The Morgan fingerprint density at radius 3 is 1.77 bits per heavy atom. The highest BCUT2D eigenvalue weighted by molar-refractivity contribution is 5.98. The van der Waals surface area contributed by atoms with Gasteiger partial charge in [-0.1, -0.05) is 58.8 Å². The summed E-state index contributed by atoms with van der Waals surface area (Å²) in [6.07, 6.45) is 4.04. The summed E-state index contributed by atoms with van der Waals surface area (Å²) in [5, 5.41) is 7.51. The van der Waals surface area contributed by atoms with Gasteiger partial charge in [0.05, 0.1) is 5.69 Å². The van der Waals surface area contributed by atoms with E-state index in [1.807, 2.05) is 77.5 Å². The lowest BCUT2D eigenvalue weighted by Gasteiger charge is -2.05. The maximum atomic E-state index is 5.86. The number of pyridine rings is 1. The zero-order valence-corrected chi connectivity index (χ0v) is 17.2. The standard InChI is InChI=1S/C23H22N6O2/c1-30-27-22(24)17-7-3-15(4-8-17)19-11-12-21-26-20(14-29(21)13-19)16-5-9-18(10-6-16)23(25)28-31-2/h3-14H,1-2H3,(H2,24,27)(H2,25,28). The molecule has 0 bridgehead atoms. The molecule has 0 fully saturated rings. The minimum absolute atomic E-state index is 0.329. The van der Waals surface area contributed by atoms with Gasteiger partial charge in [-0.3, -0.25) is 0 Å². The van der Waals surface area contributed by atoms with Crippen molar-refractivity contribution in [2.45, 2.75) is 0 Å². The summed E-state index contributed by atoms with van der Waals surface area (Å²) in [6, 6.07) is 19.6. The lowest BCUT2D eigenvalue weighted by Crippen LogP contribution is -2.13. The van der Waals surface area contributed by atoms with E-state index in [9.17, 15) is 0 Å². The molecule has 0 atom stereocenters. The van der Waals surface area contributed by atoms with E-state index in [0.717, 1.165) is 39.2 Å². The average molecular weight is 414 g/mol. The van der Waals surface area contributed by atoms with Crippen LogP contribution in [0.15, 0.2) is 83.4 Å². The van der Waals surface area contributed by atoms with Crippen LogP contribution in [0.1, 0.15) is 11.1 Å². The van der Waals surface area contributed by atoms with Gasteiger partial charge in [0.15, 0.2) is 11.7 Å². The summed E-state index contributed by atoms with van der Waals surface area (Å²) < 4.78 is 2.01. The molecule has 0 unspecified atom stereocenters. The molecule has 0 spiro atoms. The Morgan fingerprint density at radius 1 is 0.710 bits per heavy atom. The highest BCUT2D eigenvalue weighted by atomic mass is 16.6. The van der Waals surface area contributed by atoms with E-state index < -0.39 is 0 Å². The fourth-order valence-electron chi connectivity index (χ4n) is 3.25. The van der Waals surface area contributed by atoms with Gasteiger partial charge in [-0.2, -0.15) is 0 Å². The summed E-state index contributed by atoms with van der Waals surface area (Å²) in [5.74, 6) is 0.667. The Bertz CT molecular complexity index is 1200. The molecule has 4 rings (SSSR count). The van der Waals surface area contributed by atoms with Crippen molar-refractivity contribution in [2.24, 2.45) is 21.8 Å². The lowest BCUT2D eigenvalue weighted by atomic mass is 10.1. The third-order valence-corrected chi connectivity index (χ3v) is 4.82. The number of hydrogen-bond donors (Lipinski definition) is 2. The van der Waals surface area contributed by atoms with Gasteiger partial charge < -0.3 is 25.5 Å². The third-order valence-electron chi connectivity index (χ3n) is 4.82. The summed E-state index contributed by atoms with van der Waals surface area (Å²) in [6.45, 7) is 0. The maximum absolute atomic E-state index is 5.86. The van der Waals surface area contributed by atoms with Gasteiger partial charge in [-0.25, -0.2) is 4.98 Å². The summed E-state index contributed by atoms with van der Waals surface area (Å²) >= 11 is 0. The van der Waals surface area contributed by atoms with Gasteiger partial charge in [0.1, 0.15) is 19.9 Å². The van der Waals surface area contributed by atoms with Crippen molar-refractivity contribution in [1.29, 1.82) is 0 Å². The maximum Gasteiger partial charge on any atom is 0.170 e. The van der Waals surface area contributed by atoms with Crippen molar-refractivity contribution >= 4 is 17.3 Å². The molecular weight excluding hydrogens is 392 g/mol. The SMILES string of the molecule is CO/N=C(\N)c1ccc(-c2ccc3nc(-c4ccc(/C(N)=N\OC)cc4)cn3c2)cc1. The number of nitrogens with two attached hydrogens (primary N) is 2. The first-order valence-corrected chi connectivity index (χ1v) is 9.52. The Balaban J connectivity index is 1.61. The second-order valence-corrected chi connectivity index (χ2v) is 6.78. The third kappa shape index (κ3) is 4.18. The Kier molecular flexibility index (Phi) is 5.53. The number of nitrogens with zero attached hydrogens (tertiary/aromatic N) is 4. The zero-order valence-electron chi connectivity index (χ0n) is 17.2. The molecule has 0 aliphatic rings. The molecular formula is C23H22N6O2. The first kappa shape index (κ1) is 20.0. The molecule has 0 aliphatic heterocycles. The van der Waals surface area contributed by atoms with Crippen LogP contribution in [-0.2, 0) is 9.68 Å². The van der Waals surface area contributed by atoms with Crippen LogP contribution in [0.3, 0.4) is 0 Å². The van der Waals surface area contributed by atoms with E-state index in [1.54, 1.807) is 0 Å². The van der Waals surface area contributed by atoms with Crippen LogP contribution in [0, 0.1) is 0 Å². The second-order valence-electron chi connectivity index (χ2n) is 6.78. The minimum Gasteiger partial charge on any atom is -0.397 e. The van der Waals surface area contributed by atoms with E-state index in [4.69, 9.17) is 26.1 Å². The fourth-order valence-corrected chi connectivity index (χ4v) is 3.25. The molecule has 8 nitrogen and oxygen atoms in total. The molecule has 2 aromatic heterocycles. The Labute approximate surface area is 179 Å². The van der Waals surface area contributed by atoms with Crippen molar-refractivity contribution in [3.63, 3.8) is 0 Å². The van der Waals surface area contributed by atoms with Gasteiger partial charge >= 0.3 is 0 Å². The lowest BCUT2D eigenvalue weighted by molar-refractivity contribution is 0.213. The van der Waals surface area contributed by atoms with E-state index in [2.05, 4.69) is 10.3 Å². The zero-order chi connectivity index (χ0) is 21.8. The molecule has 0 radical (unpaired) electrons. The van der Waals surface area contributed by atoms with Crippen molar-refractivity contribution in [1.82, 2.24) is 9.38 Å². The molecule has 2 heterocycles. The first-order chi connectivity index (χ1) is 15.1. The van der Waals surface area contributed by atoms with Gasteiger partial charge in [-0.05, 0) is 23.3 Å². The smallest absolute Gasteiger partial charge is 0.170 e. The van der Waals surface area contributed by atoms with Crippen LogP contribution in [0.2, 0.25) is 0 Å². The number of benzene rings is 2. The number of oxime groups is 2. The van der Waals surface area contributed by atoms with Gasteiger partial charge in [0.25, 0.3) is 0 Å². The topological polar surface area (TPSA) is 113 Å². The largest absolute Gasteiger partial charge is 0.397 e. The van der Waals surface area contributed by atoms with E-state index in [1.165, 1.54) is 14.2 Å². The number of fused-ring (bicyclic) bond motifs is 1. The van der Waals surface area contributed by atoms with Crippen LogP contribution in [-0.4, -0.2) is 35.3 Å². The van der Waals surface area contributed by atoms with E-state index in [0.29, 0.717) is 11.7 Å².